The first-order chi connectivity index (χ1) is 11.5. The number of hydrogen-bond donors (Lipinski definition) is 0. The van der Waals surface area contributed by atoms with Crippen LogP contribution in [-0.2, 0) is 14.8 Å². The highest BCUT2D eigenvalue weighted by Gasteiger charge is 2.32. The van der Waals surface area contributed by atoms with Crippen LogP contribution in [0.1, 0.15) is 52.5 Å². The molecule has 140 valence electrons. The molecule has 1 aromatic carbocycles. The molecule has 0 saturated carbocycles. The molecule has 1 amide bonds. The molecular formula is C19H30N2O3S. The molecule has 1 aliphatic heterocycles. The van der Waals surface area contributed by atoms with Gasteiger partial charge in [-0.15, -0.1) is 0 Å². The summed E-state index contributed by atoms with van der Waals surface area (Å²) in [6, 6.07) is 7.14. The van der Waals surface area contributed by atoms with Crippen molar-refractivity contribution in [2.75, 3.05) is 26.2 Å². The van der Waals surface area contributed by atoms with E-state index in [0.29, 0.717) is 43.4 Å². The van der Waals surface area contributed by atoms with Gasteiger partial charge in [0.1, 0.15) is 0 Å². The molecule has 1 heterocycles. The van der Waals surface area contributed by atoms with Crippen molar-refractivity contribution in [2.24, 2.45) is 5.41 Å². The van der Waals surface area contributed by atoms with Gasteiger partial charge in [-0.1, -0.05) is 46.8 Å². The van der Waals surface area contributed by atoms with E-state index in [1.54, 1.807) is 17.0 Å². The summed E-state index contributed by atoms with van der Waals surface area (Å²) in [5, 5.41) is 0. The first-order valence-electron chi connectivity index (χ1n) is 8.93. The summed E-state index contributed by atoms with van der Waals surface area (Å²) >= 11 is 0. The molecule has 2 rings (SSSR count). The van der Waals surface area contributed by atoms with Gasteiger partial charge in [0.25, 0.3) is 0 Å². The Morgan fingerprint density at radius 2 is 1.60 bits per heavy atom. The maximum Gasteiger partial charge on any atom is 0.243 e. The van der Waals surface area contributed by atoms with Crippen LogP contribution in [0.15, 0.2) is 29.2 Å². The number of carbonyl (C=O) groups is 1. The zero-order chi connectivity index (χ0) is 18.8. The van der Waals surface area contributed by atoms with Crippen molar-refractivity contribution in [1.29, 1.82) is 0 Å². The van der Waals surface area contributed by atoms with Crippen LogP contribution in [0.5, 0.6) is 0 Å². The summed E-state index contributed by atoms with van der Waals surface area (Å²) in [6.07, 6.45) is 0.658. The average Bonchev–Trinajstić information content (AvgIpc) is 2.79. The number of carbonyl (C=O) groups excluding carboxylic acids is 1. The van der Waals surface area contributed by atoms with E-state index in [-0.39, 0.29) is 5.91 Å². The van der Waals surface area contributed by atoms with Gasteiger partial charge in [0.2, 0.25) is 15.9 Å². The smallest absolute Gasteiger partial charge is 0.243 e. The summed E-state index contributed by atoms with van der Waals surface area (Å²) in [4.78, 5) is 14.6. The van der Waals surface area contributed by atoms with Crippen LogP contribution in [0, 0.1) is 5.41 Å². The maximum atomic E-state index is 12.9. The van der Waals surface area contributed by atoms with Crippen molar-refractivity contribution in [2.45, 2.75) is 51.9 Å². The SMILES string of the molecule is CC(C)c1ccc(S(=O)(=O)N2CCCN(C(=O)C(C)(C)C)CC2)cc1. The monoisotopic (exact) mass is 366 g/mol. The molecule has 0 aliphatic carbocycles. The fourth-order valence-corrected chi connectivity index (χ4v) is 4.45. The lowest BCUT2D eigenvalue weighted by molar-refractivity contribution is -0.139. The predicted octanol–water partition coefficient (Wildman–Crippen LogP) is 3.08. The predicted molar refractivity (Wildman–Crippen MR) is 99.9 cm³/mol. The maximum absolute atomic E-state index is 12.9. The summed E-state index contributed by atoms with van der Waals surface area (Å²) in [7, 11) is -3.52. The van der Waals surface area contributed by atoms with Gasteiger partial charge >= 0.3 is 0 Å². The van der Waals surface area contributed by atoms with Crippen LogP contribution >= 0.6 is 0 Å². The second kappa shape index (κ2) is 7.46. The van der Waals surface area contributed by atoms with Crippen LogP contribution in [0.2, 0.25) is 0 Å². The first kappa shape index (κ1) is 19.9. The molecule has 1 fully saturated rings. The van der Waals surface area contributed by atoms with Gasteiger partial charge in [-0.05, 0) is 30.0 Å². The second-order valence-corrected chi connectivity index (χ2v) is 9.96. The Kier molecular flexibility index (Phi) is 5.94. The number of rotatable bonds is 3. The zero-order valence-electron chi connectivity index (χ0n) is 15.9. The fourth-order valence-electron chi connectivity index (χ4n) is 2.99. The topological polar surface area (TPSA) is 57.7 Å². The van der Waals surface area contributed by atoms with Crippen LogP contribution < -0.4 is 0 Å². The Morgan fingerprint density at radius 3 is 2.12 bits per heavy atom. The third-order valence-corrected chi connectivity index (χ3v) is 6.48. The molecule has 0 bridgehead atoms. The van der Waals surface area contributed by atoms with Crippen molar-refractivity contribution in [3.8, 4) is 0 Å². The minimum atomic E-state index is -3.52. The standard InChI is InChI=1S/C19H30N2O3S/c1-15(2)16-7-9-17(10-8-16)25(23,24)21-12-6-11-20(13-14-21)18(22)19(3,4)5/h7-10,15H,6,11-14H2,1-5H3. The highest BCUT2D eigenvalue weighted by Crippen LogP contribution is 2.23. The van der Waals surface area contributed by atoms with Gasteiger partial charge in [0.15, 0.2) is 0 Å². The van der Waals surface area contributed by atoms with Crippen LogP contribution in [0.3, 0.4) is 0 Å². The van der Waals surface area contributed by atoms with Gasteiger partial charge < -0.3 is 4.90 Å². The molecule has 5 nitrogen and oxygen atoms in total. The summed E-state index contributed by atoms with van der Waals surface area (Å²) in [5.74, 6) is 0.444. The van der Waals surface area contributed by atoms with Gasteiger partial charge in [0.05, 0.1) is 4.90 Å². The van der Waals surface area contributed by atoms with E-state index in [1.807, 2.05) is 32.9 Å². The van der Waals surface area contributed by atoms with E-state index < -0.39 is 15.4 Å². The molecule has 1 aliphatic rings. The Bertz CT molecular complexity index is 703. The molecule has 0 aromatic heterocycles. The van der Waals surface area contributed by atoms with E-state index in [2.05, 4.69) is 13.8 Å². The lowest BCUT2D eigenvalue weighted by atomic mass is 9.94. The van der Waals surface area contributed by atoms with Crippen molar-refractivity contribution in [3.63, 3.8) is 0 Å². The largest absolute Gasteiger partial charge is 0.341 e. The molecule has 0 spiro atoms. The van der Waals surface area contributed by atoms with Gasteiger partial charge in [-0.25, -0.2) is 8.42 Å². The van der Waals surface area contributed by atoms with E-state index in [4.69, 9.17) is 0 Å². The molecule has 0 unspecified atom stereocenters. The minimum absolute atomic E-state index is 0.0769. The average molecular weight is 367 g/mol. The summed E-state index contributed by atoms with van der Waals surface area (Å²) < 4.78 is 27.3. The lowest BCUT2D eigenvalue weighted by Gasteiger charge is -2.28. The summed E-state index contributed by atoms with van der Waals surface area (Å²) in [5.41, 5.74) is 0.678. The highest BCUT2D eigenvalue weighted by atomic mass is 32.2. The third-order valence-electron chi connectivity index (χ3n) is 4.57. The summed E-state index contributed by atoms with van der Waals surface area (Å²) in [6.45, 7) is 11.7. The molecule has 1 saturated heterocycles. The number of nitrogens with zero attached hydrogens (tertiary/aromatic N) is 2. The van der Waals surface area contributed by atoms with Crippen molar-refractivity contribution in [3.05, 3.63) is 29.8 Å². The van der Waals surface area contributed by atoms with Crippen LogP contribution in [0.4, 0.5) is 0 Å². The van der Waals surface area contributed by atoms with Gasteiger partial charge in [-0.2, -0.15) is 4.31 Å². The van der Waals surface area contributed by atoms with E-state index in [1.165, 1.54) is 4.31 Å². The van der Waals surface area contributed by atoms with Crippen LogP contribution in [0.25, 0.3) is 0 Å². The number of amides is 1. The second-order valence-electron chi connectivity index (χ2n) is 8.02. The number of benzene rings is 1. The fraction of sp³-hybridized carbons (Fsp3) is 0.632. The lowest BCUT2D eigenvalue weighted by Crippen LogP contribution is -2.42. The first-order valence-corrected chi connectivity index (χ1v) is 10.4. The van der Waals surface area contributed by atoms with E-state index >= 15 is 0 Å². The van der Waals surface area contributed by atoms with Crippen LogP contribution in [-0.4, -0.2) is 49.7 Å². The Balaban J connectivity index is 2.14. The van der Waals surface area contributed by atoms with Crippen molar-refractivity contribution < 1.29 is 13.2 Å². The van der Waals surface area contributed by atoms with Gasteiger partial charge in [-0.3, -0.25) is 4.79 Å². The molecule has 25 heavy (non-hydrogen) atoms. The van der Waals surface area contributed by atoms with E-state index in [0.717, 1.165) is 5.56 Å². The quantitative estimate of drug-likeness (QED) is 0.826. The van der Waals surface area contributed by atoms with E-state index in [9.17, 15) is 13.2 Å². The van der Waals surface area contributed by atoms with Crippen molar-refractivity contribution in [1.82, 2.24) is 9.21 Å². The molecule has 6 heteroatoms. The normalized spacial score (nSPS) is 17.6. The Morgan fingerprint density at radius 1 is 1.00 bits per heavy atom. The molecular weight excluding hydrogens is 336 g/mol. The highest BCUT2D eigenvalue weighted by molar-refractivity contribution is 7.89. The number of sulfonamides is 1. The van der Waals surface area contributed by atoms with Crippen molar-refractivity contribution >= 4 is 15.9 Å². The molecule has 0 N–H and O–H groups in total. The zero-order valence-corrected chi connectivity index (χ0v) is 16.8. The third kappa shape index (κ3) is 4.61. The Labute approximate surface area is 152 Å². The van der Waals surface area contributed by atoms with Gasteiger partial charge in [0, 0.05) is 31.6 Å². The number of hydrogen-bond acceptors (Lipinski definition) is 3. The Hall–Kier alpha value is -1.40. The molecule has 1 aromatic rings. The minimum Gasteiger partial charge on any atom is -0.341 e. The molecule has 0 radical (unpaired) electrons. The molecule has 0 atom stereocenters.